The van der Waals surface area contributed by atoms with Crippen molar-refractivity contribution in [3.05, 3.63) is 77.6 Å². The fourth-order valence-electron chi connectivity index (χ4n) is 3.33. The second kappa shape index (κ2) is 7.25. The van der Waals surface area contributed by atoms with Gasteiger partial charge in [-0.2, -0.15) is 0 Å². The van der Waals surface area contributed by atoms with Crippen LogP contribution in [0, 0.1) is 0 Å². The van der Waals surface area contributed by atoms with Crippen molar-refractivity contribution in [2.24, 2.45) is 0 Å². The van der Waals surface area contributed by atoms with Crippen molar-refractivity contribution >= 4 is 45.2 Å². The van der Waals surface area contributed by atoms with Gasteiger partial charge in [-0.05, 0) is 36.8 Å². The summed E-state index contributed by atoms with van der Waals surface area (Å²) in [6.07, 6.45) is 1.66. The lowest BCUT2D eigenvalue weighted by molar-refractivity contribution is 0.0698. The summed E-state index contributed by atoms with van der Waals surface area (Å²) in [5.74, 6) is -1.60. The molecule has 0 saturated heterocycles. The maximum Gasteiger partial charge on any atom is 0.337 e. The van der Waals surface area contributed by atoms with Crippen LogP contribution in [-0.2, 0) is 0 Å². The van der Waals surface area contributed by atoms with Crippen LogP contribution in [-0.4, -0.2) is 32.7 Å². The van der Waals surface area contributed by atoms with Gasteiger partial charge in [0, 0.05) is 28.0 Å². The first-order valence-electron chi connectivity index (χ1n) is 9.08. The highest BCUT2D eigenvalue weighted by atomic mass is 16.4. The van der Waals surface area contributed by atoms with Gasteiger partial charge in [-0.3, -0.25) is 20.4 Å². The summed E-state index contributed by atoms with van der Waals surface area (Å²) in [5.41, 5.74) is 8.52. The topological polar surface area (TPSA) is 127 Å². The van der Waals surface area contributed by atoms with Crippen molar-refractivity contribution < 1.29 is 19.5 Å². The fraction of sp³-hybridized carbons (Fsp3) is 0.0455. The maximum atomic E-state index is 12.5. The Kier molecular flexibility index (Phi) is 4.59. The molecule has 0 spiro atoms. The third-order valence-electron chi connectivity index (χ3n) is 4.87. The average Bonchev–Trinajstić information content (AvgIpc) is 3.34. The summed E-state index contributed by atoms with van der Waals surface area (Å²) in [6, 6.07) is 11.8. The number of Topliss-reactive ketones (excluding diaryl/α,β-unsaturated/α-hetero) is 1. The van der Waals surface area contributed by atoms with Gasteiger partial charge in [0.25, 0.3) is 5.91 Å². The molecular formula is C22H18N4O4. The van der Waals surface area contributed by atoms with Gasteiger partial charge in [0.2, 0.25) is 0 Å². The van der Waals surface area contributed by atoms with Crippen molar-refractivity contribution in [3.8, 4) is 0 Å². The van der Waals surface area contributed by atoms with E-state index < -0.39 is 11.9 Å². The molecular weight excluding hydrogens is 384 g/mol. The first-order chi connectivity index (χ1) is 14.3. The smallest absolute Gasteiger partial charge is 0.337 e. The molecule has 8 nitrogen and oxygen atoms in total. The predicted molar refractivity (Wildman–Crippen MR) is 113 cm³/mol. The van der Waals surface area contributed by atoms with Crippen LogP contribution in [0.5, 0.6) is 0 Å². The number of rotatable bonds is 6. The molecule has 1 amide bonds. The monoisotopic (exact) mass is 402 g/mol. The Morgan fingerprint density at radius 1 is 1.03 bits per heavy atom. The van der Waals surface area contributed by atoms with E-state index in [1.165, 1.54) is 13.0 Å². The lowest BCUT2D eigenvalue weighted by Gasteiger charge is -2.11. The van der Waals surface area contributed by atoms with Gasteiger partial charge in [0.15, 0.2) is 5.78 Å². The van der Waals surface area contributed by atoms with E-state index in [-0.39, 0.29) is 17.0 Å². The average molecular weight is 402 g/mol. The molecule has 30 heavy (non-hydrogen) atoms. The minimum absolute atomic E-state index is 0.0511. The van der Waals surface area contributed by atoms with E-state index in [9.17, 15) is 19.5 Å². The number of carbonyl (C=O) groups excluding carboxylic acids is 2. The summed E-state index contributed by atoms with van der Waals surface area (Å²) in [6.45, 7) is 5.43. The lowest BCUT2D eigenvalue weighted by atomic mass is 10.1. The van der Waals surface area contributed by atoms with Gasteiger partial charge in [0.1, 0.15) is 5.69 Å². The number of ketones is 1. The van der Waals surface area contributed by atoms with Crippen molar-refractivity contribution in [2.45, 2.75) is 6.92 Å². The van der Waals surface area contributed by atoms with E-state index in [1.807, 2.05) is 18.2 Å². The summed E-state index contributed by atoms with van der Waals surface area (Å²) in [4.78, 5) is 41.5. The SMILES string of the molecule is C=C(NNC(=O)c1cc2cccc(C(=O)O)c2[nH]1)c1ccc2[nH]cc(C(C)=O)c2c1. The van der Waals surface area contributed by atoms with E-state index in [0.717, 1.165) is 10.9 Å². The summed E-state index contributed by atoms with van der Waals surface area (Å²) in [7, 11) is 0. The van der Waals surface area contributed by atoms with E-state index >= 15 is 0 Å². The highest BCUT2D eigenvalue weighted by Crippen LogP contribution is 2.23. The predicted octanol–water partition coefficient (Wildman–Crippen LogP) is 3.46. The Balaban J connectivity index is 1.52. The molecule has 0 unspecified atom stereocenters. The molecule has 0 radical (unpaired) electrons. The number of hydrogen-bond acceptors (Lipinski definition) is 4. The largest absolute Gasteiger partial charge is 0.478 e. The lowest BCUT2D eigenvalue weighted by Crippen LogP contribution is -2.36. The molecule has 0 bridgehead atoms. The zero-order valence-corrected chi connectivity index (χ0v) is 16.0. The van der Waals surface area contributed by atoms with Gasteiger partial charge in [0.05, 0.1) is 16.8 Å². The maximum absolute atomic E-state index is 12.5. The highest BCUT2D eigenvalue weighted by Gasteiger charge is 2.15. The van der Waals surface area contributed by atoms with E-state index in [1.54, 1.807) is 24.4 Å². The molecule has 150 valence electrons. The van der Waals surface area contributed by atoms with Gasteiger partial charge >= 0.3 is 5.97 Å². The van der Waals surface area contributed by atoms with E-state index in [2.05, 4.69) is 27.4 Å². The molecule has 0 fully saturated rings. The fourth-order valence-corrected chi connectivity index (χ4v) is 3.33. The summed E-state index contributed by atoms with van der Waals surface area (Å²) in [5, 5.41) is 10.7. The molecule has 0 atom stereocenters. The van der Waals surface area contributed by atoms with Crippen LogP contribution in [0.1, 0.15) is 43.7 Å². The van der Waals surface area contributed by atoms with Gasteiger partial charge in [-0.25, -0.2) is 4.79 Å². The molecule has 8 heteroatoms. The Labute approximate surface area is 170 Å². The van der Waals surface area contributed by atoms with Crippen LogP contribution in [0.2, 0.25) is 0 Å². The van der Waals surface area contributed by atoms with E-state index in [4.69, 9.17) is 0 Å². The zero-order chi connectivity index (χ0) is 21.4. The summed E-state index contributed by atoms with van der Waals surface area (Å²) >= 11 is 0. The van der Waals surface area contributed by atoms with Crippen LogP contribution in [0.4, 0.5) is 0 Å². The summed E-state index contributed by atoms with van der Waals surface area (Å²) < 4.78 is 0. The van der Waals surface area contributed by atoms with Crippen LogP contribution in [0.15, 0.2) is 55.2 Å². The third kappa shape index (κ3) is 3.30. The number of aromatic nitrogens is 2. The highest BCUT2D eigenvalue weighted by molar-refractivity contribution is 6.07. The number of aromatic amines is 2. The molecule has 2 aromatic carbocycles. The Bertz CT molecular complexity index is 1330. The number of aromatic carboxylic acids is 1. The third-order valence-corrected chi connectivity index (χ3v) is 4.87. The number of hydrazine groups is 1. The first-order valence-corrected chi connectivity index (χ1v) is 9.08. The number of hydrogen-bond donors (Lipinski definition) is 5. The quantitative estimate of drug-likeness (QED) is 0.249. The molecule has 0 saturated carbocycles. The molecule has 2 aromatic heterocycles. The number of benzene rings is 2. The minimum atomic E-state index is -1.08. The van der Waals surface area contributed by atoms with Crippen LogP contribution in [0.25, 0.3) is 27.5 Å². The molecule has 0 aliphatic carbocycles. The van der Waals surface area contributed by atoms with Crippen molar-refractivity contribution in [2.75, 3.05) is 0 Å². The number of H-pyrrole nitrogens is 2. The number of amides is 1. The van der Waals surface area contributed by atoms with Crippen LogP contribution < -0.4 is 10.9 Å². The van der Waals surface area contributed by atoms with Crippen molar-refractivity contribution in [1.29, 1.82) is 0 Å². The van der Waals surface area contributed by atoms with Gasteiger partial charge < -0.3 is 15.1 Å². The number of carbonyl (C=O) groups is 3. The molecule has 0 aliphatic heterocycles. The number of para-hydroxylation sites is 1. The number of fused-ring (bicyclic) bond motifs is 2. The number of carboxylic acid groups (broad SMARTS) is 1. The number of carboxylic acids is 1. The van der Waals surface area contributed by atoms with Crippen molar-refractivity contribution in [1.82, 2.24) is 20.8 Å². The molecule has 4 rings (SSSR count). The Morgan fingerprint density at radius 2 is 1.83 bits per heavy atom. The molecule has 0 aliphatic rings. The van der Waals surface area contributed by atoms with Gasteiger partial charge in [-0.15, -0.1) is 0 Å². The van der Waals surface area contributed by atoms with Crippen LogP contribution >= 0.6 is 0 Å². The molecule has 2 heterocycles. The van der Waals surface area contributed by atoms with Crippen molar-refractivity contribution in [3.63, 3.8) is 0 Å². The Morgan fingerprint density at radius 3 is 2.57 bits per heavy atom. The van der Waals surface area contributed by atoms with Gasteiger partial charge in [-0.1, -0.05) is 24.8 Å². The number of nitrogens with one attached hydrogen (secondary N) is 4. The first kappa shape index (κ1) is 19.0. The van der Waals surface area contributed by atoms with E-state index in [0.29, 0.717) is 27.7 Å². The standard InChI is InChI=1S/C22H18N4O4/c1-11(13-6-7-18-16(8-13)17(10-23-18)12(2)27)25-26-21(28)19-9-14-4-3-5-15(22(29)30)20(14)24-19/h3-10,23-25H,1H2,2H3,(H,26,28)(H,29,30). The minimum Gasteiger partial charge on any atom is -0.478 e. The second-order valence-corrected chi connectivity index (χ2v) is 6.83. The molecule has 4 aromatic rings. The molecule has 5 N–H and O–H groups in total. The second-order valence-electron chi connectivity index (χ2n) is 6.83. The Hall–Kier alpha value is -4.33. The normalized spacial score (nSPS) is 10.8. The van der Waals surface area contributed by atoms with Crippen LogP contribution in [0.3, 0.4) is 0 Å². The zero-order valence-electron chi connectivity index (χ0n) is 16.0.